The molecule has 162 valence electrons. The van der Waals surface area contributed by atoms with Crippen molar-refractivity contribution in [2.75, 3.05) is 44.2 Å². The van der Waals surface area contributed by atoms with Gasteiger partial charge in [0.25, 0.3) is 5.91 Å². The molecule has 0 atom stereocenters. The molecule has 3 aromatic rings. The largest absolute Gasteiger partial charge is 0.344 e. The van der Waals surface area contributed by atoms with Crippen LogP contribution in [0.15, 0.2) is 47.5 Å². The summed E-state index contributed by atoms with van der Waals surface area (Å²) in [5.74, 6) is -0.135. The highest BCUT2D eigenvalue weighted by molar-refractivity contribution is 7.89. The monoisotopic (exact) mass is 457 g/mol. The van der Waals surface area contributed by atoms with E-state index in [-0.39, 0.29) is 10.8 Å². The minimum Gasteiger partial charge on any atom is -0.344 e. The van der Waals surface area contributed by atoms with Gasteiger partial charge in [0.2, 0.25) is 10.0 Å². The topological polar surface area (TPSA) is 86.7 Å². The number of pyridine rings is 1. The van der Waals surface area contributed by atoms with Crippen LogP contribution >= 0.6 is 11.3 Å². The molecule has 2 saturated heterocycles. The van der Waals surface area contributed by atoms with Gasteiger partial charge in [-0.1, -0.05) is 17.4 Å². The molecule has 31 heavy (non-hydrogen) atoms. The van der Waals surface area contributed by atoms with E-state index in [0.29, 0.717) is 44.8 Å². The zero-order valence-corrected chi connectivity index (χ0v) is 18.6. The lowest BCUT2D eigenvalue weighted by atomic mass is 10.2. The Balaban J connectivity index is 1.28. The quantitative estimate of drug-likeness (QED) is 0.598. The van der Waals surface area contributed by atoms with Crippen LogP contribution < -0.4 is 4.90 Å². The van der Waals surface area contributed by atoms with Gasteiger partial charge in [0, 0.05) is 51.0 Å². The number of benzene rings is 1. The molecule has 2 fully saturated rings. The Kier molecular flexibility index (Phi) is 5.37. The third kappa shape index (κ3) is 3.90. The van der Waals surface area contributed by atoms with Gasteiger partial charge < -0.3 is 9.80 Å². The van der Waals surface area contributed by atoms with Gasteiger partial charge in [-0.2, -0.15) is 4.31 Å². The summed E-state index contributed by atoms with van der Waals surface area (Å²) in [5.41, 5.74) is 1.30. The van der Waals surface area contributed by atoms with Gasteiger partial charge in [0.1, 0.15) is 10.3 Å². The Bertz CT molecular complexity index is 1180. The van der Waals surface area contributed by atoms with E-state index in [0.717, 1.165) is 28.3 Å². The number of carbonyl (C=O) groups is 1. The molecule has 0 bridgehead atoms. The fourth-order valence-corrected chi connectivity index (χ4v) is 6.57. The highest BCUT2D eigenvalue weighted by atomic mass is 32.2. The predicted molar refractivity (Wildman–Crippen MR) is 120 cm³/mol. The molecule has 4 heterocycles. The number of sulfonamides is 1. The Labute approximate surface area is 185 Å². The van der Waals surface area contributed by atoms with Crippen molar-refractivity contribution in [3.05, 3.63) is 48.2 Å². The summed E-state index contributed by atoms with van der Waals surface area (Å²) < 4.78 is 27.2. The van der Waals surface area contributed by atoms with Crippen molar-refractivity contribution in [1.29, 1.82) is 0 Å². The summed E-state index contributed by atoms with van der Waals surface area (Å²) in [6.07, 6.45) is 3.53. The number of amides is 1. The number of thiazole rings is 1. The lowest BCUT2D eigenvalue weighted by molar-refractivity contribution is 0.0746. The molecule has 0 aliphatic carbocycles. The third-order valence-electron chi connectivity index (χ3n) is 5.78. The standard InChI is InChI=1S/C21H23N5O3S2/c27-20(16-5-3-6-17(15-16)31(28,29)26-9-1-2-10-26)24-11-13-25(14-12-24)21-23-18-7-4-8-22-19(18)30-21/h3-8,15H,1-2,9-14H2. The van der Waals surface area contributed by atoms with E-state index >= 15 is 0 Å². The maximum atomic E-state index is 13.1. The fraction of sp³-hybridized carbons (Fsp3) is 0.381. The van der Waals surface area contributed by atoms with Crippen molar-refractivity contribution in [3.63, 3.8) is 0 Å². The highest BCUT2D eigenvalue weighted by Gasteiger charge is 2.29. The van der Waals surface area contributed by atoms with Crippen molar-refractivity contribution in [3.8, 4) is 0 Å². The predicted octanol–water partition coefficient (Wildman–Crippen LogP) is 2.44. The van der Waals surface area contributed by atoms with Crippen LogP contribution in [0.5, 0.6) is 0 Å². The van der Waals surface area contributed by atoms with Crippen molar-refractivity contribution in [1.82, 2.24) is 19.2 Å². The van der Waals surface area contributed by atoms with Gasteiger partial charge in [-0.3, -0.25) is 4.79 Å². The lowest BCUT2D eigenvalue weighted by Gasteiger charge is -2.34. The number of piperazine rings is 1. The van der Waals surface area contributed by atoms with E-state index in [1.165, 1.54) is 10.4 Å². The van der Waals surface area contributed by atoms with Crippen LogP contribution in [0.2, 0.25) is 0 Å². The van der Waals surface area contributed by atoms with Crippen LogP contribution in [0.3, 0.4) is 0 Å². The summed E-state index contributed by atoms with van der Waals surface area (Å²) in [6, 6.07) is 10.3. The van der Waals surface area contributed by atoms with Gasteiger partial charge in [-0.15, -0.1) is 0 Å². The van der Waals surface area contributed by atoms with Crippen LogP contribution in [0.1, 0.15) is 23.2 Å². The van der Waals surface area contributed by atoms with E-state index < -0.39 is 10.0 Å². The Morgan fingerprint density at radius 2 is 1.74 bits per heavy atom. The smallest absolute Gasteiger partial charge is 0.254 e. The average molecular weight is 458 g/mol. The Morgan fingerprint density at radius 3 is 2.48 bits per heavy atom. The molecule has 5 rings (SSSR count). The number of hydrogen-bond acceptors (Lipinski definition) is 7. The highest BCUT2D eigenvalue weighted by Crippen LogP contribution is 2.28. The van der Waals surface area contributed by atoms with Gasteiger partial charge in [-0.25, -0.2) is 18.4 Å². The number of hydrogen-bond donors (Lipinski definition) is 0. The molecule has 0 saturated carbocycles. The zero-order chi connectivity index (χ0) is 21.4. The SMILES string of the molecule is O=C(c1cccc(S(=O)(=O)N2CCCC2)c1)N1CCN(c2nc3cccnc3s2)CC1. The minimum atomic E-state index is -3.54. The van der Waals surface area contributed by atoms with Crippen LogP contribution in [-0.4, -0.2) is 72.8 Å². The van der Waals surface area contributed by atoms with Crippen LogP contribution in [0.25, 0.3) is 10.3 Å². The van der Waals surface area contributed by atoms with E-state index in [1.807, 2.05) is 12.1 Å². The normalized spacial score (nSPS) is 18.1. The molecule has 8 nitrogen and oxygen atoms in total. The molecule has 2 aliphatic rings. The summed E-state index contributed by atoms with van der Waals surface area (Å²) in [4.78, 5) is 27.1. The molecular weight excluding hydrogens is 434 g/mol. The molecule has 1 aromatic carbocycles. The Morgan fingerprint density at radius 1 is 0.968 bits per heavy atom. The first-order chi connectivity index (χ1) is 15.0. The van der Waals surface area contributed by atoms with Gasteiger partial charge in [0.05, 0.1) is 4.90 Å². The number of fused-ring (bicyclic) bond motifs is 1. The third-order valence-corrected chi connectivity index (χ3v) is 8.71. The fourth-order valence-electron chi connectivity index (χ4n) is 4.04. The second-order valence-electron chi connectivity index (χ2n) is 7.74. The number of nitrogens with zero attached hydrogens (tertiary/aromatic N) is 5. The van der Waals surface area contributed by atoms with Gasteiger partial charge >= 0.3 is 0 Å². The van der Waals surface area contributed by atoms with Crippen LogP contribution in [-0.2, 0) is 10.0 Å². The van der Waals surface area contributed by atoms with Crippen molar-refractivity contribution >= 4 is 42.7 Å². The molecule has 10 heteroatoms. The van der Waals surface area contributed by atoms with E-state index in [1.54, 1.807) is 40.6 Å². The van der Waals surface area contributed by atoms with E-state index in [9.17, 15) is 13.2 Å². The number of anilines is 1. The summed E-state index contributed by atoms with van der Waals surface area (Å²) in [6.45, 7) is 3.57. The first kappa shape index (κ1) is 20.3. The van der Waals surface area contributed by atoms with Crippen LogP contribution in [0.4, 0.5) is 5.13 Å². The number of rotatable bonds is 4. The second-order valence-corrected chi connectivity index (χ2v) is 10.6. The maximum Gasteiger partial charge on any atom is 0.254 e. The van der Waals surface area contributed by atoms with Gasteiger partial charge in [-0.05, 0) is 43.2 Å². The van der Waals surface area contributed by atoms with Crippen LogP contribution in [0, 0.1) is 0 Å². The van der Waals surface area contributed by atoms with Crippen molar-refractivity contribution in [2.24, 2.45) is 0 Å². The van der Waals surface area contributed by atoms with E-state index in [2.05, 4.69) is 14.9 Å². The summed E-state index contributed by atoms with van der Waals surface area (Å²) in [7, 11) is -3.54. The summed E-state index contributed by atoms with van der Waals surface area (Å²) in [5, 5.41) is 0.916. The maximum absolute atomic E-state index is 13.1. The molecule has 1 amide bonds. The molecule has 2 aromatic heterocycles. The van der Waals surface area contributed by atoms with Crippen molar-refractivity contribution < 1.29 is 13.2 Å². The molecular formula is C21H23N5O3S2. The van der Waals surface area contributed by atoms with Gasteiger partial charge in [0.15, 0.2) is 5.13 Å². The first-order valence-electron chi connectivity index (χ1n) is 10.4. The molecule has 0 spiro atoms. The lowest BCUT2D eigenvalue weighted by Crippen LogP contribution is -2.48. The number of carbonyl (C=O) groups excluding carboxylic acids is 1. The van der Waals surface area contributed by atoms with E-state index in [4.69, 9.17) is 0 Å². The molecule has 0 N–H and O–H groups in total. The molecule has 0 radical (unpaired) electrons. The number of aromatic nitrogens is 2. The average Bonchev–Trinajstić information content (AvgIpc) is 3.49. The first-order valence-corrected chi connectivity index (χ1v) is 12.6. The zero-order valence-electron chi connectivity index (χ0n) is 17.0. The Hall–Kier alpha value is -2.56. The molecule has 0 unspecified atom stereocenters. The minimum absolute atomic E-state index is 0.135. The molecule has 2 aliphatic heterocycles. The second kappa shape index (κ2) is 8.18. The van der Waals surface area contributed by atoms with Crippen molar-refractivity contribution in [2.45, 2.75) is 17.7 Å². The summed E-state index contributed by atoms with van der Waals surface area (Å²) >= 11 is 1.56.